The number of hydrogen-bond acceptors (Lipinski definition) is 4. The number of carbonyl (C=O) groups is 1. The maximum atomic E-state index is 12.9. The van der Waals surface area contributed by atoms with E-state index < -0.39 is 0 Å². The third kappa shape index (κ3) is 3.14. The molecule has 1 aliphatic carbocycles. The van der Waals surface area contributed by atoms with Crippen LogP contribution in [0.3, 0.4) is 0 Å². The van der Waals surface area contributed by atoms with Crippen LogP contribution < -0.4 is 5.32 Å². The maximum absolute atomic E-state index is 12.9. The molecule has 2 aromatic heterocycles. The Balaban J connectivity index is 1.43. The van der Waals surface area contributed by atoms with E-state index in [0.717, 1.165) is 59.4 Å². The number of fused-ring (bicyclic) bond motifs is 2. The van der Waals surface area contributed by atoms with Crippen LogP contribution in [0.25, 0.3) is 5.69 Å². The number of aromatic amines is 1. The third-order valence-corrected chi connectivity index (χ3v) is 6.27. The second kappa shape index (κ2) is 7.31. The number of rotatable bonds is 3. The highest BCUT2D eigenvalue weighted by molar-refractivity contribution is 6.33. The van der Waals surface area contributed by atoms with E-state index in [0.29, 0.717) is 23.9 Å². The van der Waals surface area contributed by atoms with Crippen LogP contribution in [0.4, 0.5) is 0 Å². The molecule has 1 aliphatic heterocycles. The minimum absolute atomic E-state index is 0.174. The summed E-state index contributed by atoms with van der Waals surface area (Å²) in [7, 11) is 0. The third-order valence-electron chi connectivity index (χ3n) is 5.78. The van der Waals surface area contributed by atoms with Gasteiger partial charge in [-0.15, -0.1) is 0 Å². The molecule has 1 aromatic carbocycles. The number of H-pyrrole nitrogens is 1. The van der Waals surface area contributed by atoms with Gasteiger partial charge < -0.3 is 10.1 Å². The molecule has 3 aromatic rings. The molecule has 0 radical (unpaired) electrons. The lowest BCUT2D eigenvalue weighted by molar-refractivity contribution is 0.0684. The Morgan fingerprint density at radius 3 is 3.10 bits per heavy atom. The lowest BCUT2D eigenvalue weighted by Crippen LogP contribution is -2.35. The number of ether oxygens (including phenoxy) is 1. The summed E-state index contributed by atoms with van der Waals surface area (Å²) in [4.78, 5) is 12.9. The highest BCUT2D eigenvalue weighted by atomic mass is 35.5. The van der Waals surface area contributed by atoms with Crippen molar-refractivity contribution in [3.05, 3.63) is 63.2 Å². The first-order valence-electron chi connectivity index (χ1n) is 9.90. The molecule has 0 bridgehead atoms. The summed E-state index contributed by atoms with van der Waals surface area (Å²) in [5, 5.41) is 15.6. The van der Waals surface area contributed by atoms with Crippen molar-refractivity contribution in [2.24, 2.45) is 0 Å². The minimum Gasteiger partial charge on any atom is -0.373 e. The molecule has 1 amide bonds. The van der Waals surface area contributed by atoms with Crippen LogP contribution in [0, 0.1) is 6.92 Å². The maximum Gasteiger partial charge on any atom is 0.272 e. The molecule has 2 aliphatic rings. The molecule has 0 fully saturated rings. The van der Waals surface area contributed by atoms with Gasteiger partial charge in [-0.2, -0.15) is 10.2 Å². The topological polar surface area (TPSA) is 84.8 Å². The van der Waals surface area contributed by atoms with E-state index in [4.69, 9.17) is 16.3 Å². The van der Waals surface area contributed by atoms with Gasteiger partial charge in [0.2, 0.25) is 0 Å². The summed E-state index contributed by atoms with van der Waals surface area (Å²) in [6.07, 6.45) is 5.87. The van der Waals surface area contributed by atoms with Gasteiger partial charge in [0.15, 0.2) is 5.69 Å². The van der Waals surface area contributed by atoms with Gasteiger partial charge in [0, 0.05) is 16.8 Å². The Morgan fingerprint density at radius 1 is 1.34 bits per heavy atom. The molecule has 29 heavy (non-hydrogen) atoms. The molecule has 0 unspecified atom stereocenters. The molecule has 150 valence electrons. The molecule has 7 nitrogen and oxygen atoms in total. The van der Waals surface area contributed by atoms with Gasteiger partial charge >= 0.3 is 0 Å². The van der Waals surface area contributed by atoms with Crippen molar-refractivity contribution in [1.82, 2.24) is 25.3 Å². The average Bonchev–Trinajstić information content (AvgIpc) is 3.35. The van der Waals surface area contributed by atoms with Crippen LogP contribution in [0.5, 0.6) is 0 Å². The van der Waals surface area contributed by atoms with Crippen molar-refractivity contribution in [1.29, 1.82) is 0 Å². The molecule has 2 N–H and O–H groups in total. The van der Waals surface area contributed by atoms with Gasteiger partial charge in [-0.1, -0.05) is 23.7 Å². The Hall–Kier alpha value is -2.64. The molecule has 0 saturated heterocycles. The highest BCUT2D eigenvalue weighted by Gasteiger charge is 2.29. The average molecular weight is 412 g/mol. The van der Waals surface area contributed by atoms with Crippen LogP contribution in [-0.2, 0) is 24.2 Å². The van der Waals surface area contributed by atoms with Crippen LogP contribution >= 0.6 is 11.6 Å². The summed E-state index contributed by atoms with van der Waals surface area (Å²) >= 11 is 6.50. The number of halogens is 1. The van der Waals surface area contributed by atoms with Crippen LogP contribution in [0.15, 0.2) is 24.4 Å². The molecule has 0 saturated carbocycles. The van der Waals surface area contributed by atoms with E-state index in [2.05, 4.69) is 20.6 Å². The normalized spacial score (nSPS) is 18.2. The monoisotopic (exact) mass is 411 g/mol. The molecule has 3 heterocycles. The predicted octanol–water partition coefficient (Wildman–Crippen LogP) is 3.44. The Labute approximate surface area is 173 Å². The zero-order valence-corrected chi connectivity index (χ0v) is 16.9. The lowest BCUT2D eigenvalue weighted by atomic mass is 9.95. The standard InChI is InChI=1S/C21H22ClN5O2/c1-12-5-4-8-17(19(12)22)27-18-11-29-10-16(14(18)9-23-27)24-21(28)20-13-6-2-3-7-15(13)25-26-20/h4-5,8-9,16H,2-3,6-7,10-11H2,1H3,(H,24,28)(H,25,26)/t16-/m0/s1. The molecule has 5 rings (SSSR count). The van der Waals surface area contributed by atoms with Gasteiger partial charge in [0.05, 0.1) is 41.9 Å². The summed E-state index contributed by atoms with van der Waals surface area (Å²) in [6, 6.07) is 5.57. The number of benzene rings is 1. The Bertz CT molecular complexity index is 1090. The van der Waals surface area contributed by atoms with Crippen molar-refractivity contribution in [2.45, 2.75) is 45.3 Å². The minimum atomic E-state index is -0.278. The molecule has 8 heteroatoms. The Morgan fingerprint density at radius 2 is 2.21 bits per heavy atom. The molecular weight excluding hydrogens is 390 g/mol. The van der Waals surface area contributed by atoms with E-state index in [1.54, 1.807) is 10.9 Å². The van der Waals surface area contributed by atoms with Gasteiger partial charge in [0.25, 0.3) is 5.91 Å². The van der Waals surface area contributed by atoms with Crippen molar-refractivity contribution in [3.8, 4) is 5.69 Å². The summed E-state index contributed by atoms with van der Waals surface area (Å²) in [6.45, 7) is 2.79. The first-order chi connectivity index (χ1) is 14.1. The van der Waals surface area contributed by atoms with E-state index >= 15 is 0 Å². The number of nitrogens with zero attached hydrogens (tertiary/aromatic N) is 3. The van der Waals surface area contributed by atoms with Crippen LogP contribution in [-0.4, -0.2) is 32.5 Å². The summed E-state index contributed by atoms with van der Waals surface area (Å²) in [5.74, 6) is -0.174. The fourth-order valence-corrected chi connectivity index (χ4v) is 4.41. The second-order valence-electron chi connectivity index (χ2n) is 7.64. The number of amides is 1. The summed E-state index contributed by atoms with van der Waals surface area (Å²) in [5.41, 5.74) is 6.28. The molecular formula is C21H22ClN5O2. The second-order valence-corrected chi connectivity index (χ2v) is 8.02. The van der Waals surface area contributed by atoms with Gasteiger partial charge in [-0.25, -0.2) is 4.68 Å². The van der Waals surface area contributed by atoms with Crippen molar-refractivity contribution >= 4 is 17.5 Å². The first-order valence-corrected chi connectivity index (χ1v) is 10.3. The number of aryl methyl sites for hydroxylation is 2. The summed E-state index contributed by atoms with van der Waals surface area (Å²) < 4.78 is 7.59. The lowest BCUT2D eigenvalue weighted by Gasteiger charge is -2.24. The fourth-order valence-electron chi connectivity index (χ4n) is 4.20. The van der Waals surface area contributed by atoms with Gasteiger partial charge in [0.1, 0.15) is 0 Å². The number of hydrogen-bond donors (Lipinski definition) is 2. The SMILES string of the molecule is Cc1cccc(-n2ncc3c2COC[C@@H]3NC(=O)c2n[nH]c3c2CCCC3)c1Cl. The number of carbonyl (C=O) groups excluding carboxylic acids is 1. The highest BCUT2D eigenvalue weighted by Crippen LogP contribution is 2.31. The van der Waals surface area contributed by atoms with Crippen molar-refractivity contribution < 1.29 is 9.53 Å². The zero-order chi connectivity index (χ0) is 20.0. The first kappa shape index (κ1) is 18.4. The zero-order valence-electron chi connectivity index (χ0n) is 16.2. The van der Waals surface area contributed by atoms with Gasteiger partial charge in [-0.3, -0.25) is 9.89 Å². The quantitative estimate of drug-likeness (QED) is 0.691. The smallest absolute Gasteiger partial charge is 0.272 e. The van der Waals surface area contributed by atoms with E-state index in [-0.39, 0.29) is 11.9 Å². The predicted molar refractivity (Wildman–Crippen MR) is 108 cm³/mol. The molecule has 1 atom stereocenters. The van der Waals surface area contributed by atoms with Crippen LogP contribution in [0.2, 0.25) is 5.02 Å². The molecule has 0 spiro atoms. The van der Waals surface area contributed by atoms with E-state index in [9.17, 15) is 4.79 Å². The van der Waals surface area contributed by atoms with E-state index in [1.807, 2.05) is 25.1 Å². The largest absolute Gasteiger partial charge is 0.373 e. The number of aromatic nitrogens is 4. The van der Waals surface area contributed by atoms with Crippen LogP contribution in [0.1, 0.15) is 57.5 Å². The number of nitrogens with one attached hydrogen (secondary N) is 2. The van der Waals surface area contributed by atoms with Gasteiger partial charge in [-0.05, 0) is 44.2 Å². The fraction of sp³-hybridized carbons (Fsp3) is 0.381. The van der Waals surface area contributed by atoms with Crippen molar-refractivity contribution in [3.63, 3.8) is 0 Å². The van der Waals surface area contributed by atoms with E-state index in [1.165, 1.54) is 0 Å². The van der Waals surface area contributed by atoms with Crippen molar-refractivity contribution in [2.75, 3.05) is 6.61 Å². The Kier molecular flexibility index (Phi) is 4.64.